The lowest BCUT2D eigenvalue weighted by molar-refractivity contribution is -0.121. The third-order valence-electron chi connectivity index (χ3n) is 2.28. The zero-order valence-electron chi connectivity index (χ0n) is 10.8. The summed E-state index contributed by atoms with van der Waals surface area (Å²) in [7, 11) is 1.79. The van der Waals surface area contributed by atoms with Crippen LogP contribution in [0.4, 0.5) is 4.39 Å². The predicted octanol–water partition coefficient (Wildman–Crippen LogP) is 1.45. The average Bonchev–Trinajstić information content (AvgIpc) is 2.29. The van der Waals surface area contributed by atoms with Crippen molar-refractivity contribution in [1.29, 1.82) is 0 Å². The fourth-order valence-corrected chi connectivity index (χ4v) is 1.56. The zero-order chi connectivity index (χ0) is 13.4. The number of rotatable bonds is 7. The van der Waals surface area contributed by atoms with Gasteiger partial charge in [0.05, 0.1) is 13.0 Å². The molecule has 0 aliphatic carbocycles. The minimum atomic E-state index is -0.337. The fraction of sp³-hybridized carbons (Fsp3) is 0.462. The lowest BCUT2D eigenvalue weighted by Crippen LogP contribution is -2.24. The van der Waals surface area contributed by atoms with Gasteiger partial charge in [0.25, 0.3) is 0 Å². The van der Waals surface area contributed by atoms with Crippen molar-refractivity contribution in [3.05, 3.63) is 29.6 Å². The van der Waals surface area contributed by atoms with Crippen molar-refractivity contribution in [3.8, 4) is 5.75 Å². The predicted molar refractivity (Wildman–Crippen MR) is 68.0 cm³/mol. The van der Waals surface area contributed by atoms with Crippen LogP contribution in [0.3, 0.4) is 0 Å². The van der Waals surface area contributed by atoms with Crippen LogP contribution in [0.2, 0.25) is 0 Å². The molecule has 100 valence electrons. The number of benzene rings is 1. The summed E-state index contributed by atoms with van der Waals surface area (Å²) in [5.41, 5.74) is 0.811. The van der Waals surface area contributed by atoms with Crippen LogP contribution in [0.25, 0.3) is 0 Å². The van der Waals surface area contributed by atoms with Crippen LogP contribution >= 0.6 is 0 Å². The third-order valence-corrected chi connectivity index (χ3v) is 2.28. The number of halogens is 1. The Kier molecular flexibility index (Phi) is 6.14. The molecule has 5 heteroatoms. The Balaban J connectivity index is 2.48. The second-order valence-electron chi connectivity index (χ2n) is 3.88. The van der Waals surface area contributed by atoms with Crippen LogP contribution in [-0.2, 0) is 11.3 Å². The zero-order valence-corrected chi connectivity index (χ0v) is 10.8. The van der Waals surface area contributed by atoms with Gasteiger partial charge in [-0.1, -0.05) is 0 Å². The van der Waals surface area contributed by atoms with Crippen LogP contribution in [0, 0.1) is 5.82 Å². The minimum Gasteiger partial charge on any atom is -0.493 e. The highest BCUT2D eigenvalue weighted by Gasteiger charge is 2.03. The number of carbonyl (C=O) groups is 1. The number of ether oxygens (including phenoxy) is 1. The summed E-state index contributed by atoms with van der Waals surface area (Å²) in [6.07, 6.45) is 0.270. The van der Waals surface area contributed by atoms with Gasteiger partial charge < -0.3 is 15.4 Å². The van der Waals surface area contributed by atoms with Gasteiger partial charge in [0.15, 0.2) is 0 Å². The van der Waals surface area contributed by atoms with Gasteiger partial charge in [-0.15, -0.1) is 0 Å². The van der Waals surface area contributed by atoms with Crippen LogP contribution < -0.4 is 15.4 Å². The fourth-order valence-electron chi connectivity index (χ4n) is 1.56. The molecule has 0 bridgehead atoms. The maximum atomic E-state index is 13.3. The van der Waals surface area contributed by atoms with Gasteiger partial charge in [-0.05, 0) is 31.7 Å². The monoisotopic (exact) mass is 254 g/mol. The SMILES string of the molecule is CCNC(=O)CCOc1cc(F)cc(CNC)c1. The molecule has 0 aliphatic rings. The number of nitrogens with one attached hydrogen (secondary N) is 2. The van der Waals surface area contributed by atoms with Crippen molar-refractivity contribution < 1.29 is 13.9 Å². The van der Waals surface area contributed by atoms with E-state index in [0.29, 0.717) is 18.8 Å². The number of amides is 1. The van der Waals surface area contributed by atoms with E-state index in [1.807, 2.05) is 6.92 Å². The van der Waals surface area contributed by atoms with Crippen molar-refractivity contribution in [3.63, 3.8) is 0 Å². The number of hydrogen-bond acceptors (Lipinski definition) is 3. The van der Waals surface area contributed by atoms with E-state index in [-0.39, 0.29) is 24.8 Å². The molecule has 0 saturated carbocycles. The Hall–Kier alpha value is -1.62. The standard InChI is InChI=1S/C13H19FN2O2/c1-3-16-13(17)4-5-18-12-7-10(9-15-2)6-11(14)8-12/h6-8,15H,3-5,9H2,1-2H3,(H,16,17). The minimum absolute atomic E-state index is 0.0654. The van der Waals surface area contributed by atoms with Gasteiger partial charge in [-0.3, -0.25) is 4.79 Å². The Morgan fingerprint density at radius 1 is 1.39 bits per heavy atom. The molecule has 0 aromatic heterocycles. The van der Waals surface area contributed by atoms with Gasteiger partial charge in [-0.25, -0.2) is 4.39 Å². The van der Waals surface area contributed by atoms with E-state index in [0.717, 1.165) is 5.56 Å². The highest BCUT2D eigenvalue weighted by Crippen LogP contribution is 2.16. The Morgan fingerprint density at radius 2 is 2.17 bits per heavy atom. The van der Waals surface area contributed by atoms with E-state index >= 15 is 0 Å². The molecule has 0 fully saturated rings. The molecule has 0 heterocycles. The van der Waals surface area contributed by atoms with Gasteiger partial charge in [0.1, 0.15) is 11.6 Å². The summed E-state index contributed by atoms with van der Waals surface area (Å²) < 4.78 is 18.6. The van der Waals surface area contributed by atoms with E-state index in [1.54, 1.807) is 13.1 Å². The van der Waals surface area contributed by atoms with E-state index < -0.39 is 0 Å². The van der Waals surface area contributed by atoms with Crippen LogP contribution in [0.15, 0.2) is 18.2 Å². The first-order valence-corrected chi connectivity index (χ1v) is 5.99. The Bertz CT molecular complexity index is 397. The van der Waals surface area contributed by atoms with Crippen molar-refractivity contribution in [2.24, 2.45) is 0 Å². The van der Waals surface area contributed by atoms with Gasteiger partial charge >= 0.3 is 0 Å². The topological polar surface area (TPSA) is 50.4 Å². The molecular formula is C13H19FN2O2. The van der Waals surface area contributed by atoms with Crippen LogP contribution in [-0.4, -0.2) is 26.1 Å². The Morgan fingerprint density at radius 3 is 2.83 bits per heavy atom. The summed E-state index contributed by atoms with van der Waals surface area (Å²) in [4.78, 5) is 11.2. The van der Waals surface area contributed by atoms with Gasteiger partial charge in [0, 0.05) is 19.2 Å². The first kappa shape index (κ1) is 14.4. The second-order valence-corrected chi connectivity index (χ2v) is 3.88. The molecular weight excluding hydrogens is 235 g/mol. The smallest absolute Gasteiger partial charge is 0.223 e. The average molecular weight is 254 g/mol. The summed E-state index contributed by atoms with van der Waals surface area (Å²) >= 11 is 0. The van der Waals surface area contributed by atoms with Crippen LogP contribution in [0.1, 0.15) is 18.9 Å². The highest BCUT2D eigenvalue weighted by atomic mass is 19.1. The summed E-state index contributed by atoms with van der Waals surface area (Å²) in [5, 5.41) is 5.61. The summed E-state index contributed by atoms with van der Waals surface area (Å²) in [6.45, 7) is 3.28. The van der Waals surface area contributed by atoms with Gasteiger partial charge in [0.2, 0.25) is 5.91 Å². The lowest BCUT2D eigenvalue weighted by Gasteiger charge is -2.08. The maximum Gasteiger partial charge on any atom is 0.223 e. The molecule has 1 aromatic rings. The quantitative estimate of drug-likeness (QED) is 0.774. The molecule has 2 N–H and O–H groups in total. The molecule has 0 atom stereocenters. The number of carbonyl (C=O) groups excluding carboxylic acids is 1. The number of hydrogen-bond donors (Lipinski definition) is 2. The molecule has 18 heavy (non-hydrogen) atoms. The van der Waals surface area contributed by atoms with Crippen molar-refractivity contribution >= 4 is 5.91 Å². The van der Waals surface area contributed by atoms with Crippen molar-refractivity contribution in [2.45, 2.75) is 19.9 Å². The maximum absolute atomic E-state index is 13.3. The molecule has 1 amide bonds. The molecule has 0 saturated heterocycles. The van der Waals surface area contributed by atoms with Crippen molar-refractivity contribution in [1.82, 2.24) is 10.6 Å². The van der Waals surface area contributed by atoms with E-state index in [4.69, 9.17) is 4.74 Å². The third kappa shape index (κ3) is 5.14. The molecule has 1 aromatic carbocycles. The van der Waals surface area contributed by atoms with E-state index in [9.17, 15) is 9.18 Å². The largest absolute Gasteiger partial charge is 0.493 e. The molecule has 1 rings (SSSR count). The van der Waals surface area contributed by atoms with E-state index in [1.165, 1.54) is 12.1 Å². The first-order valence-electron chi connectivity index (χ1n) is 5.99. The summed E-state index contributed by atoms with van der Waals surface area (Å²) in [6, 6.07) is 4.53. The van der Waals surface area contributed by atoms with E-state index in [2.05, 4.69) is 10.6 Å². The molecule has 0 radical (unpaired) electrons. The molecule has 4 nitrogen and oxygen atoms in total. The molecule has 0 aliphatic heterocycles. The first-order chi connectivity index (χ1) is 8.65. The molecule has 0 spiro atoms. The molecule has 0 unspecified atom stereocenters. The van der Waals surface area contributed by atoms with Gasteiger partial charge in [-0.2, -0.15) is 0 Å². The highest BCUT2D eigenvalue weighted by molar-refractivity contribution is 5.75. The second kappa shape index (κ2) is 7.66. The summed E-state index contributed by atoms with van der Waals surface area (Å²) in [5.74, 6) is 0.0460. The van der Waals surface area contributed by atoms with Crippen LogP contribution in [0.5, 0.6) is 5.75 Å². The Labute approximate surface area is 107 Å². The lowest BCUT2D eigenvalue weighted by atomic mass is 10.2. The normalized spacial score (nSPS) is 10.2. The van der Waals surface area contributed by atoms with Crippen molar-refractivity contribution in [2.75, 3.05) is 20.2 Å².